The van der Waals surface area contributed by atoms with Gasteiger partial charge in [0, 0.05) is 25.0 Å². The van der Waals surface area contributed by atoms with Gasteiger partial charge in [0.15, 0.2) is 0 Å². The van der Waals surface area contributed by atoms with Crippen molar-refractivity contribution in [1.82, 2.24) is 20.3 Å². The highest BCUT2D eigenvalue weighted by molar-refractivity contribution is 5.94. The van der Waals surface area contributed by atoms with Gasteiger partial charge in [-0.2, -0.15) is 0 Å². The van der Waals surface area contributed by atoms with Gasteiger partial charge in [-0.3, -0.25) is 4.79 Å². The Balaban J connectivity index is 2.01. The fourth-order valence-electron chi connectivity index (χ4n) is 1.58. The van der Waals surface area contributed by atoms with Gasteiger partial charge in [-0.1, -0.05) is 0 Å². The van der Waals surface area contributed by atoms with Crippen LogP contribution >= 0.6 is 0 Å². The van der Waals surface area contributed by atoms with Crippen LogP contribution in [0.4, 0.5) is 5.82 Å². The van der Waals surface area contributed by atoms with E-state index in [0.29, 0.717) is 23.8 Å². The van der Waals surface area contributed by atoms with Crippen LogP contribution < -0.4 is 10.6 Å². The van der Waals surface area contributed by atoms with Gasteiger partial charge in [0.25, 0.3) is 5.91 Å². The topological polar surface area (TPSA) is 79.8 Å². The molecule has 6 nitrogen and oxygen atoms in total. The first-order valence-corrected chi connectivity index (χ1v) is 5.89. The minimum absolute atomic E-state index is 0.157. The van der Waals surface area contributed by atoms with Gasteiger partial charge in [-0.25, -0.2) is 15.0 Å². The highest BCUT2D eigenvalue weighted by Crippen LogP contribution is 2.06. The molecule has 19 heavy (non-hydrogen) atoms. The lowest BCUT2D eigenvalue weighted by Gasteiger charge is -2.06. The summed E-state index contributed by atoms with van der Waals surface area (Å²) in [5.74, 6) is 1.19. The molecule has 2 N–H and O–H groups in total. The van der Waals surface area contributed by atoms with Gasteiger partial charge in [0.1, 0.15) is 11.6 Å². The van der Waals surface area contributed by atoms with E-state index < -0.39 is 0 Å². The van der Waals surface area contributed by atoms with Crippen LogP contribution in [0.5, 0.6) is 0 Å². The molecule has 2 rings (SSSR count). The van der Waals surface area contributed by atoms with Crippen molar-refractivity contribution < 1.29 is 4.79 Å². The number of anilines is 1. The molecule has 0 aromatic carbocycles. The van der Waals surface area contributed by atoms with E-state index in [2.05, 4.69) is 25.6 Å². The van der Waals surface area contributed by atoms with Gasteiger partial charge in [-0.15, -0.1) is 0 Å². The lowest BCUT2D eigenvalue weighted by Crippen LogP contribution is -2.23. The molecule has 0 atom stereocenters. The Morgan fingerprint density at radius 3 is 2.79 bits per heavy atom. The van der Waals surface area contributed by atoms with E-state index in [9.17, 15) is 4.79 Å². The molecule has 0 aliphatic heterocycles. The molecule has 1 amide bonds. The average Bonchev–Trinajstić information content (AvgIpc) is 2.45. The van der Waals surface area contributed by atoms with Crippen molar-refractivity contribution in [3.63, 3.8) is 0 Å². The number of carbonyl (C=O) groups excluding carboxylic acids is 1. The van der Waals surface area contributed by atoms with Crippen molar-refractivity contribution in [1.29, 1.82) is 0 Å². The highest BCUT2D eigenvalue weighted by Gasteiger charge is 2.06. The fraction of sp³-hybridized carbons (Fsp3) is 0.231. The lowest BCUT2D eigenvalue weighted by molar-refractivity contribution is 0.0950. The van der Waals surface area contributed by atoms with Crippen molar-refractivity contribution in [2.24, 2.45) is 0 Å². The second-order valence-corrected chi connectivity index (χ2v) is 3.96. The van der Waals surface area contributed by atoms with Gasteiger partial charge < -0.3 is 10.6 Å². The first kappa shape index (κ1) is 12.9. The van der Waals surface area contributed by atoms with E-state index in [-0.39, 0.29) is 5.91 Å². The van der Waals surface area contributed by atoms with Crippen molar-refractivity contribution in [3.8, 4) is 0 Å². The molecule has 0 saturated carbocycles. The van der Waals surface area contributed by atoms with Crippen LogP contribution in [-0.2, 0) is 6.54 Å². The number of aryl methyl sites for hydroxylation is 1. The van der Waals surface area contributed by atoms with Crippen LogP contribution in [0.2, 0.25) is 0 Å². The van der Waals surface area contributed by atoms with Gasteiger partial charge >= 0.3 is 0 Å². The van der Waals surface area contributed by atoms with E-state index in [1.54, 1.807) is 37.6 Å². The Hall–Kier alpha value is -2.50. The SMILES string of the molecule is CNc1cc(C(=O)NCc2ccnc(C)n2)ccn1. The maximum absolute atomic E-state index is 12.0. The van der Waals surface area contributed by atoms with Gasteiger partial charge in [-0.05, 0) is 25.1 Å². The molecule has 98 valence electrons. The second kappa shape index (κ2) is 5.90. The quantitative estimate of drug-likeness (QED) is 0.859. The monoisotopic (exact) mass is 257 g/mol. The summed E-state index contributed by atoms with van der Waals surface area (Å²) in [7, 11) is 1.76. The molecule has 0 aliphatic carbocycles. The maximum Gasteiger partial charge on any atom is 0.251 e. The number of nitrogens with zero attached hydrogens (tertiary/aromatic N) is 3. The zero-order chi connectivity index (χ0) is 13.7. The smallest absolute Gasteiger partial charge is 0.251 e. The summed E-state index contributed by atoms with van der Waals surface area (Å²) in [6, 6.07) is 5.14. The van der Waals surface area contributed by atoms with Crippen molar-refractivity contribution >= 4 is 11.7 Å². The lowest BCUT2D eigenvalue weighted by atomic mass is 10.2. The fourth-order valence-corrected chi connectivity index (χ4v) is 1.58. The summed E-state index contributed by atoms with van der Waals surface area (Å²) >= 11 is 0. The summed E-state index contributed by atoms with van der Waals surface area (Å²) in [6.07, 6.45) is 3.27. The number of nitrogens with one attached hydrogen (secondary N) is 2. The van der Waals surface area contributed by atoms with E-state index >= 15 is 0 Å². The number of carbonyl (C=O) groups is 1. The van der Waals surface area contributed by atoms with E-state index in [0.717, 1.165) is 5.69 Å². The molecule has 0 unspecified atom stereocenters. The third-order valence-electron chi connectivity index (χ3n) is 2.54. The summed E-state index contributed by atoms with van der Waals surface area (Å²) < 4.78 is 0. The molecular weight excluding hydrogens is 242 g/mol. The van der Waals surface area contributed by atoms with E-state index in [1.165, 1.54) is 0 Å². The number of aromatic nitrogens is 3. The third kappa shape index (κ3) is 3.48. The third-order valence-corrected chi connectivity index (χ3v) is 2.54. The maximum atomic E-state index is 12.0. The Morgan fingerprint density at radius 1 is 1.26 bits per heavy atom. The molecule has 6 heteroatoms. The molecule has 2 aromatic rings. The van der Waals surface area contributed by atoms with Gasteiger partial charge in [0.05, 0.1) is 12.2 Å². The average molecular weight is 257 g/mol. The molecule has 2 aromatic heterocycles. The van der Waals surface area contributed by atoms with Crippen molar-refractivity contribution in [2.75, 3.05) is 12.4 Å². The first-order valence-electron chi connectivity index (χ1n) is 5.89. The minimum Gasteiger partial charge on any atom is -0.373 e. The zero-order valence-electron chi connectivity index (χ0n) is 10.8. The van der Waals surface area contributed by atoms with Crippen molar-refractivity contribution in [2.45, 2.75) is 13.5 Å². The molecule has 0 aliphatic rings. The van der Waals surface area contributed by atoms with E-state index in [1.807, 2.05) is 6.92 Å². The second-order valence-electron chi connectivity index (χ2n) is 3.96. The number of rotatable bonds is 4. The van der Waals surface area contributed by atoms with Crippen LogP contribution in [-0.4, -0.2) is 27.9 Å². The molecular formula is C13H15N5O. The molecule has 0 saturated heterocycles. The number of hydrogen-bond donors (Lipinski definition) is 2. The van der Waals surface area contributed by atoms with Crippen molar-refractivity contribution in [3.05, 3.63) is 47.7 Å². The molecule has 0 fully saturated rings. The van der Waals surface area contributed by atoms with Crippen LogP contribution in [0.3, 0.4) is 0 Å². The molecule has 0 bridgehead atoms. The first-order chi connectivity index (χ1) is 9.19. The van der Waals surface area contributed by atoms with Crippen LogP contribution in [0, 0.1) is 6.92 Å². The summed E-state index contributed by atoms with van der Waals surface area (Å²) in [4.78, 5) is 24.2. The Morgan fingerprint density at radius 2 is 2.05 bits per heavy atom. The minimum atomic E-state index is -0.157. The summed E-state index contributed by atoms with van der Waals surface area (Å²) in [5.41, 5.74) is 1.34. The predicted molar refractivity (Wildman–Crippen MR) is 71.7 cm³/mol. The number of amides is 1. The molecule has 2 heterocycles. The number of pyridine rings is 1. The van der Waals surface area contributed by atoms with Crippen LogP contribution in [0.15, 0.2) is 30.6 Å². The Kier molecular flexibility index (Phi) is 4.02. The normalized spacial score (nSPS) is 10.0. The van der Waals surface area contributed by atoms with Crippen LogP contribution in [0.1, 0.15) is 21.9 Å². The summed E-state index contributed by atoms with van der Waals surface area (Å²) in [5, 5.41) is 5.70. The standard InChI is InChI=1S/C13H15N5O/c1-9-15-6-4-11(18-9)8-17-13(19)10-3-5-16-12(7-10)14-2/h3-7H,8H2,1-2H3,(H,14,16)(H,17,19). The summed E-state index contributed by atoms with van der Waals surface area (Å²) in [6.45, 7) is 2.19. The van der Waals surface area contributed by atoms with E-state index in [4.69, 9.17) is 0 Å². The Labute approximate surface area is 111 Å². The molecule has 0 radical (unpaired) electrons. The molecule has 0 spiro atoms. The largest absolute Gasteiger partial charge is 0.373 e. The highest BCUT2D eigenvalue weighted by atomic mass is 16.1. The van der Waals surface area contributed by atoms with Crippen LogP contribution in [0.25, 0.3) is 0 Å². The Bertz CT molecular complexity index is 585. The zero-order valence-corrected chi connectivity index (χ0v) is 10.8. The predicted octanol–water partition coefficient (Wildman–Crippen LogP) is 1.15. The number of hydrogen-bond acceptors (Lipinski definition) is 5. The van der Waals surface area contributed by atoms with Gasteiger partial charge in [0.2, 0.25) is 0 Å².